The summed E-state index contributed by atoms with van der Waals surface area (Å²) in [5.41, 5.74) is -0.243. The van der Waals surface area contributed by atoms with Gasteiger partial charge in [-0.15, -0.1) is 0 Å². The first-order chi connectivity index (χ1) is 18.8. The van der Waals surface area contributed by atoms with Gasteiger partial charge < -0.3 is 19.4 Å². The largest absolute Gasteiger partial charge is 0.469 e. The van der Waals surface area contributed by atoms with Crippen LogP contribution in [0.4, 0.5) is 4.79 Å². The summed E-state index contributed by atoms with van der Waals surface area (Å²) >= 11 is 0. The van der Waals surface area contributed by atoms with E-state index in [0.717, 1.165) is 36.4 Å². The number of pyridine rings is 1. The van der Waals surface area contributed by atoms with Gasteiger partial charge in [-0.2, -0.15) is 4.31 Å². The molecule has 2 aromatic rings. The van der Waals surface area contributed by atoms with Crippen molar-refractivity contribution in [2.75, 3.05) is 13.1 Å². The van der Waals surface area contributed by atoms with E-state index in [2.05, 4.69) is 10.3 Å². The number of nitrogens with one attached hydrogen (secondary N) is 1. The summed E-state index contributed by atoms with van der Waals surface area (Å²) in [4.78, 5) is 57.5. The van der Waals surface area contributed by atoms with Crippen LogP contribution in [-0.2, 0) is 19.6 Å². The highest BCUT2D eigenvalue weighted by Gasteiger charge is 2.55. The minimum Gasteiger partial charge on any atom is -0.469 e. The molecule has 3 unspecified atom stereocenters. The van der Waals surface area contributed by atoms with Crippen molar-refractivity contribution in [1.29, 1.82) is 0 Å². The number of sulfonamides is 1. The average molecular weight is 559 g/mol. The van der Waals surface area contributed by atoms with Crippen LogP contribution in [0.1, 0.15) is 55.4 Å². The molecule has 208 valence electrons. The minimum atomic E-state index is -4.54. The van der Waals surface area contributed by atoms with E-state index in [1.807, 2.05) is 0 Å². The van der Waals surface area contributed by atoms with Crippen LogP contribution in [0, 0.1) is 5.92 Å². The molecule has 1 saturated carbocycles. The summed E-state index contributed by atoms with van der Waals surface area (Å²) in [6.07, 6.45) is 8.69. The molecule has 3 atom stereocenters. The van der Waals surface area contributed by atoms with Crippen molar-refractivity contribution in [1.82, 2.24) is 19.5 Å². The van der Waals surface area contributed by atoms with Crippen molar-refractivity contribution < 1.29 is 36.7 Å². The number of furan rings is 1. The fourth-order valence-corrected chi connectivity index (χ4v) is 7.30. The number of carbonyl (C=O) groups is 4. The molecule has 2 aliphatic heterocycles. The van der Waals surface area contributed by atoms with Crippen molar-refractivity contribution >= 4 is 32.9 Å². The maximum Gasteiger partial charge on any atom is 0.413 e. The van der Waals surface area contributed by atoms with E-state index in [0.29, 0.717) is 6.42 Å². The second-order valence-corrected chi connectivity index (χ2v) is 11.9. The molecule has 4 heterocycles. The summed E-state index contributed by atoms with van der Waals surface area (Å²) in [5.74, 6) is -0.545. The van der Waals surface area contributed by atoms with E-state index in [-0.39, 0.29) is 30.3 Å². The monoisotopic (exact) mass is 558 g/mol. The highest BCUT2D eigenvalue weighted by Crippen LogP contribution is 2.34. The maximum absolute atomic E-state index is 13.8. The van der Waals surface area contributed by atoms with Crippen molar-refractivity contribution in [2.45, 2.75) is 63.1 Å². The van der Waals surface area contributed by atoms with Gasteiger partial charge in [-0.25, -0.2) is 13.2 Å². The Balaban J connectivity index is 1.33. The zero-order chi connectivity index (χ0) is 27.6. The topological polar surface area (TPSA) is 156 Å². The van der Waals surface area contributed by atoms with Gasteiger partial charge in [0.15, 0.2) is 11.5 Å². The lowest BCUT2D eigenvalue weighted by molar-refractivity contribution is -0.138. The quantitative estimate of drug-likeness (QED) is 0.538. The first kappa shape index (κ1) is 27.0. The number of carbonyl (C=O) groups excluding carboxylic acids is 4. The van der Waals surface area contributed by atoms with Crippen molar-refractivity contribution in [2.24, 2.45) is 5.92 Å². The van der Waals surface area contributed by atoms with Crippen LogP contribution in [0.25, 0.3) is 0 Å². The SMILES string of the molecule is O=C(NC(CC1CCCCC1)C(=O)N1CCC2C1C(=O)CN2S(=O)(=O)C(=O)c1ccccn1)Oc1ccoc1. The number of nitrogens with zero attached hydrogens (tertiary/aromatic N) is 3. The highest BCUT2D eigenvalue weighted by molar-refractivity contribution is 8.04. The Morgan fingerprint density at radius 3 is 2.62 bits per heavy atom. The highest BCUT2D eigenvalue weighted by atomic mass is 32.2. The van der Waals surface area contributed by atoms with Crippen LogP contribution in [-0.4, -0.2) is 76.7 Å². The third-order valence-electron chi connectivity index (χ3n) is 7.67. The molecule has 13 heteroatoms. The number of aromatic nitrogens is 1. The van der Waals surface area contributed by atoms with Crippen LogP contribution in [0.2, 0.25) is 0 Å². The number of rotatable bonds is 7. The predicted molar refractivity (Wildman–Crippen MR) is 136 cm³/mol. The van der Waals surface area contributed by atoms with Gasteiger partial charge in [-0.1, -0.05) is 38.2 Å². The number of Topliss-reactive ketones (excluding diaryl/α,β-unsaturated/α-hetero) is 1. The van der Waals surface area contributed by atoms with Crippen LogP contribution < -0.4 is 10.1 Å². The van der Waals surface area contributed by atoms with Gasteiger partial charge in [-0.05, 0) is 30.9 Å². The van der Waals surface area contributed by atoms with Gasteiger partial charge in [0.2, 0.25) is 5.91 Å². The number of amides is 2. The zero-order valence-corrected chi connectivity index (χ0v) is 22.0. The predicted octanol–water partition coefficient (Wildman–Crippen LogP) is 2.13. The van der Waals surface area contributed by atoms with Crippen molar-refractivity contribution in [3.63, 3.8) is 0 Å². The molecule has 0 spiro atoms. The molecule has 1 N–H and O–H groups in total. The summed E-state index contributed by atoms with van der Waals surface area (Å²) < 4.78 is 37.4. The van der Waals surface area contributed by atoms with Crippen LogP contribution in [0.15, 0.2) is 47.4 Å². The number of ether oxygens (including phenoxy) is 1. The van der Waals surface area contributed by atoms with Crippen LogP contribution in [0.5, 0.6) is 5.75 Å². The molecule has 3 fully saturated rings. The van der Waals surface area contributed by atoms with Gasteiger partial charge >= 0.3 is 11.2 Å². The van der Waals surface area contributed by atoms with E-state index in [9.17, 15) is 27.6 Å². The molecule has 0 radical (unpaired) electrons. The van der Waals surface area contributed by atoms with Gasteiger partial charge in [-0.3, -0.25) is 19.4 Å². The summed E-state index contributed by atoms with van der Waals surface area (Å²) in [6.45, 7) is -0.396. The third kappa shape index (κ3) is 5.59. The fourth-order valence-electron chi connectivity index (χ4n) is 5.83. The third-order valence-corrected chi connectivity index (χ3v) is 9.36. The molecule has 2 amide bonds. The van der Waals surface area contributed by atoms with Gasteiger partial charge in [0.1, 0.15) is 24.0 Å². The zero-order valence-electron chi connectivity index (χ0n) is 21.2. The molecular weight excluding hydrogens is 528 g/mol. The normalized spacial score (nSPS) is 22.9. The molecule has 39 heavy (non-hydrogen) atoms. The average Bonchev–Trinajstić information content (AvgIpc) is 3.68. The van der Waals surface area contributed by atoms with E-state index < -0.39 is 57.6 Å². The summed E-state index contributed by atoms with van der Waals surface area (Å²) in [7, 11) is -4.54. The molecule has 2 saturated heterocycles. The van der Waals surface area contributed by atoms with E-state index in [1.54, 1.807) is 6.07 Å². The smallest absolute Gasteiger partial charge is 0.413 e. The lowest BCUT2D eigenvalue weighted by Crippen LogP contribution is -2.53. The molecular formula is C26H30N4O8S. The molecule has 1 aliphatic carbocycles. The number of hydrogen-bond donors (Lipinski definition) is 1. The molecule has 0 aromatic carbocycles. The van der Waals surface area contributed by atoms with Crippen molar-refractivity contribution in [3.05, 3.63) is 48.7 Å². The molecule has 5 rings (SSSR count). The summed E-state index contributed by atoms with van der Waals surface area (Å²) in [5, 5.41) is 1.46. The first-order valence-corrected chi connectivity index (χ1v) is 14.5. The summed E-state index contributed by atoms with van der Waals surface area (Å²) in [6, 6.07) is 2.95. The van der Waals surface area contributed by atoms with Gasteiger partial charge in [0.25, 0.3) is 10.0 Å². The van der Waals surface area contributed by atoms with Gasteiger partial charge in [0.05, 0.1) is 18.8 Å². The lowest BCUT2D eigenvalue weighted by Gasteiger charge is -2.31. The number of ketones is 1. The van der Waals surface area contributed by atoms with Crippen molar-refractivity contribution in [3.8, 4) is 5.75 Å². The van der Waals surface area contributed by atoms with E-state index in [1.165, 1.54) is 41.8 Å². The number of fused-ring (bicyclic) bond motifs is 1. The molecule has 2 aromatic heterocycles. The maximum atomic E-state index is 13.8. The van der Waals surface area contributed by atoms with E-state index >= 15 is 0 Å². The first-order valence-electron chi connectivity index (χ1n) is 13.1. The second-order valence-electron chi connectivity index (χ2n) is 10.1. The molecule has 12 nitrogen and oxygen atoms in total. The molecule has 0 bridgehead atoms. The van der Waals surface area contributed by atoms with Crippen LogP contribution >= 0.6 is 0 Å². The second kappa shape index (κ2) is 11.3. The Bertz CT molecular complexity index is 1320. The van der Waals surface area contributed by atoms with Crippen LogP contribution in [0.3, 0.4) is 0 Å². The molecule has 3 aliphatic rings. The standard InChI is InChI=1S/C26H30N4O8S/c31-22-15-30(39(35,36)25(33)19-8-4-5-11-27-19)21-9-12-29(23(21)22)24(32)20(14-17-6-2-1-3-7-17)28-26(34)38-18-10-13-37-16-18/h4-5,8,10-11,13,16-17,20-21,23H,1-3,6-7,9,12,14-15H2,(H,28,34). The Hall–Kier alpha value is -3.58. The Labute approximate surface area is 225 Å². The van der Waals surface area contributed by atoms with E-state index in [4.69, 9.17) is 9.15 Å². The minimum absolute atomic E-state index is 0.114. The van der Waals surface area contributed by atoms with Gasteiger partial charge in [0, 0.05) is 18.8 Å². The number of likely N-dealkylation sites (tertiary alicyclic amines) is 1. The Morgan fingerprint density at radius 1 is 1.13 bits per heavy atom. The lowest BCUT2D eigenvalue weighted by atomic mass is 9.84. The Morgan fingerprint density at radius 2 is 1.92 bits per heavy atom. The number of hydrogen-bond acceptors (Lipinski definition) is 9. The fraction of sp³-hybridized carbons (Fsp3) is 0.500. The Kier molecular flexibility index (Phi) is 7.80.